The van der Waals surface area contributed by atoms with Crippen LogP contribution in [0.1, 0.15) is 0 Å². The maximum absolute atomic E-state index is 2.62. The third-order valence-corrected chi connectivity index (χ3v) is 15.7. The summed E-state index contributed by atoms with van der Waals surface area (Å²) in [6, 6.07) is 85.7. The SMILES string of the molecule is c1ccc(N2c3ccccc3B3c4cc5c(cc4Sc4cccc2c43)N(c2ccccc2)c2cccc3c2B5c2ccc4c5ccccc5n(-c5ccccc5)c4c2N3c2ccccc2)cc1. The smallest absolute Gasteiger partial charge is 0.252 e. The summed E-state index contributed by atoms with van der Waals surface area (Å²) in [4.78, 5) is 10.2. The first-order valence-corrected chi connectivity index (χ1v) is 24.0. The van der Waals surface area contributed by atoms with E-state index in [1.807, 2.05) is 11.8 Å². The molecule has 5 heterocycles. The molecule has 310 valence electrons. The second-order valence-corrected chi connectivity index (χ2v) is 19.1. The topological polar surface area (TPSA) is 14.7 Å². The molecule has 0 radical (unpaired) electrons. The molecule has 4 aliphatic rings. The summed E-state index contributed by atoms with van der Waals surface area (Å²) in [6.07, 6.45) is 0. The lowest BCUT2D eigenvalue weighted by Gasteiger charge is -2.45. The summed E-state index contributed by atoms with van der Waals surface area (Å²) in [5.74, 6) is 0. The molecule has 0 spiro atoms. The molecule has 0 fully saturated rings. The highest BCUT2D eigenvalue weighted by Crippen LogP contribution is 2.49. The maximum atomic E-state index is 2.62. The van der Waals surface area contributed by atoms with E-state index in [4.69, 9.17) is 0 Å². The number of aromatic nitrogens is 1. The first-order valence-electron chi connectivity index (χ1n) is 23.2. The molecule has 0 bridgehead atoms. The van der Waals surface area contributed by atoms with E-state index in [2.05, 4.69) is 250 Å². The van der Waals surface area contributed by atoms with Gasteiger partial charge in [-0.15, -0.1) is 0 Å². The fourth-order valence-electron chi connectivity index (χ4n) is 12.0. The molecule has 4 nitrogen and oxygen atoms in total. The first-order chi connectivity index (χ1) is 33.3. The van der Waals surface area contributed by atoms with Gasteiger partial charge in [0.15, 0.2) is 0 Å². The zero-order valence-corrected chi connectivity index (χ0v) is 37.1. The van der Waals surface area contributed by atoms with Crippen molar-refractivity contribution in [2.24, 2.45) is 0 Å². The molecule has 0 saturated heterocycles. The Balaban J connectivity index is 1.06. The van der Waals surface area contributed by atoms with Gasteiger partial charge in [-0.1, -0.05) is 157 Å². The molecule has 0 atom stereocenters. The maximum Gasteiger partial charge on any atom is 0.252 e. The molecule has 0 saturated carbocycles. The largest absolute Gasteiger partial charge is 0.311 e. The minimum Gasteiger partial charge on any atom is -0.311 e. The number of rotatable bonds is 4. The van der Waals surface area contributed by atoms with E-state index in [-0.39, 0.29) is 13.4 Å². The van der Waals surface area contributed by atoms with Crippen molar-refractivity contribution in [3.05, 3.63) is 231 Å². The van der Waals surface area contributed by atoms with Crippen LogP contribution in [0.4, 0.5) is 51.2 Å². The van der Waals surface area contributed by atoms with Crippen molar-refractivity contribution in [2.45, 2.75) is 9.79 Å². The monoisotopic (exact) mass is 868 g/mol. The molecular weight excluding hydrogens is 830 g/mol. The van der Waals surface area contributed by atoms with Gasteiger partial charge in [0.2, 0.25) is 6.71 Å². The van der Waals surface area contributed by atoms with E-state index in [1.165, 1.54) is 104 Å². The van der Waals surface area contributed by atoms with Gasteiger partial charge in [0.05, 0.1) is 16.7 Å². The van der Waals surface area contributed by atoms with Crippen LogP contribution in [-0.2, 0) is 0 Å². The van der Waals surface area contributed by atoms with Crippen molar-refractivity contribution in [1.29, 1.82) is 0 Å². The number of para-hydroxylation sites is 6. The lowest BCUT2D eigenvalue weighted by Crippen LogP contribution is -2.64. The molecule has 1 aromatic heterocycles. The molecule has 0 unspecified atom stereocenters. The molecule has 10 aromatic carbocycles. The number of nitrogens with zero attached hydrogens (tertiary/aromatic N) is 4. The Morgan fingerprint density at radius 1 is 0.313 bits per heavy atom. The van der Waals surface area contributed by atoms with Crippen molar-refractivity contribution in [3.8, 4) is 5.69 Å². The summed E-state index contributed by atoms with van der Waals surface area (Å²) in [7, 11) is 0. The van der Waals surface area contributed by atoms with Crippen LogP contribution in [0.3, 0.4) is 0 Å². The summed E-state index contributed by atoms with van der Waals surface area (Å²) in [6.45, 7) is -0.00736. The van der Waals surface area contributed by atoms with E-state index in [0.717, 1.165) is 17.1 Å². The summed E-state index contributed by atoms with van der Waals surface area (Å²) < 4.78 is 2.51. The van der Waals surface area contributed by atoms with Crippen LogP contribution in [-0.4, -0.2) is 18.0 Å². The Hall–Kier alpha value is -8.12. The van der Waals surface area contributed by atoms with Gasteiger partial charge in [-0.2, -0.15) is 0 Å². The fraction of sp³-hybridized carbons (Fsp3) is 0. The van der Waals surface area contributed by atoms with E-state index < -0.39 is 0 Å². The number of hydrogen-bond donors (Lipinski definition) is 0. The van der Waals surface area contributed by atoms with Crippen LogP contribution >= 0.6 is 11.8 Å². The second-order valence-electron chi connectivity index (χ2n) is 18.0. The average molecular weight is 869 g/mol. The Labute approximate surface area is 394 Å². The van der Waals surface area contributed by atoms with Gasteiger partial charge in [-0.3, -0.25) is 0 Å². The molecule has 11 aromatic rings. The van der Waals surface area contributed by atoms with Crippen LogP contribution < -0.4 is 47.5 Å². The molecule has 0 amide bonds. The van der Waals surface area contributed by atoms with Gasteiger partial charge in [0.25, 0.3) is 6.71 Å². The Bertz CT molecular complexity index is 3820. The van der Waals surface area contributed by atoms with E-state index in [9.17, 15) is 0 Å². The van der Waals surface area contributed by atoms with Gasteiger partial charge >= 0.3 is 0 Å². The zero-order valence-electron chi connectivity index (χ0n) is 36.3. The lowest BCUT2D eigenvalue weighted by atomic mass is 9.31. The average Bonchev–Trinajstić information content (AvgIpc) is 3.74. The molecule has 67 heavy (non-hydrogen) atoms. The van der Waals surface area contributed by atoms with Gasteiger partial charge in [-0.05, 0) is 118 Å². The van der Waals surface area contributed by atoms with Crippen LogP contribution in [0.25, 0.3) is 27.5 Å². The number of benzene rings is 10. The van der Waals surface area contributed by atoms with Crippen molar-refractivity contribution in [3.63, 3.8) is 0 Å². The Morgan fingerprint density at radius 3 is 1.57 bits per heavy atom. The van der Waals surface area contributed by atoms with Crippen molar-refractivity contribution in [2.75, 3.05) is 14.7 Å². The molecule has 7 heteroatoms. The fourth-order valence-corrected chi connectivity index (χ4v) is 13.2. The summed E-state index contributed by atoms with van der Waals surface area (Å²) in [5.41, 5.74) is 22.4. The van der Waals surface area contributed by atoms with Crippen LogP contribution in [0.2, 0.25) is 0 Å². The zero-order chi connectivity index (χ0) is 43.7. The number of anilines is 9. The molecule has 0 aliphatic carbocycles. The lowest BCUT2D eigenvalue weighted by molar-refractivity contribution is 1.17. The normalized spacial score (nSPS) is 13.8. The van der Waals surface area contributed by atoms with Crippen molar-refractivity contribution >= 4 is 131 Å². The molecule has 0 N–H and O–H groups in total. The minimum absolute atomic E-state index is 0.0534. The van der Waals surface area contributed by atoms with Gasteiger partial charge in [-0.25, -0.2) is 0 Å². The third kappa shape index (κ3) is 5.18. The minimum atomic E-state index is -0.0608. The highest BCUT2D eigenvalue weighted by molar-refractivity contribution is 8.00. The van der Waals surface area contributed by atoms with Crippen LogP contribution in [0.5, 0.6) is 0 Å². The van der Waals surface area contributed by atoms with Gasteiger partial charge < -0.3 is 19.3 Å². The van der Waals surface area contributed by atoms with Crippen molar-refractivity contribution < 1.29 is 0 Å². The Kier molecular flexibility index (Phi) is 7.86. The summed E-state index contributed by atoms with van der Waals surface area (Å²) >= 11 is 1.92. The third-order valence-electron chi connectivity index (χ3n) is 14.6. The van der Waals surface area contributed by atoms with Gasteiger partial charge in [0, 0.05) is 71.7 Å². The first kappa shape index (κ1) is 37.1. The summed E-state index contributed by atoms with van der Waals surface area (Å²) in [5, 5.41) is 2.49. The standard InChI is InChI=1S/C60H38B2N4S/c1-5-19-39(20-6-1)63-50-30-16-14-28-45(50)61-48-37-47-54(38-56(48)67-55-34-18-33-53(63)58(55)61)64(40-21-7-2-8-22-40)51-31-17-32-52-57(51)62(47)46-36-35-44-43-27-13-15-29-49(43)65(41-23-9-3-10-24-41)59(44)60(46)66(52)42-25-11-4-12-26-42/h1-38H. The van der Waals surface area contributed by atoms with E-state index in [1.54, 1.807) is 0 Å². The Morgan fingerprint density at radius 2 is 0.851 bits per heavy atom. The second kappa shape index (κ2) is 14.2. The van der Waals surface area contributed by atoms with Gasteiger partial charge in [0.1, 0.15) is 0 Å². The molecular formula is C60H38B2N4S. The molecule has 15 rings (SSSR count). The quantitative estimate of drug-likeness (QED) is 0.164. The van der Waals surface area contributed by atoms with Crippen LogP contribution in [0, 0.1) is 0 Å². The predicted octanol–water partition coefficient (Wildman–Crippen LogP) is 11.6. The highest BCUT2D eigenvalue weighted by Gasteiger charge is 2.47. The number of hydrogen-bond acceptors (Lipinski definition) is 4. The predicted molar refractivity (Wildman–Crippen MR) is 285 cm³/mol. The van der Waals surface area contributed by atoms with Crippen molar-refractivity contribution in [1.82, 2.24) is 4.57 Å². The van der Waals surface area contributed by atoms with E-state index >= 15 is 0 Å². The molecule has 4 aliphatic heterocycles. The number of fused-ring (bicyclic) bond motifs is 12. The van der Waals surface area contributed by atoms with Crippen LogP contribution in [0.15, 0.2) is 240 Å². The van der Waals surface area contributed by atoms with E-state index in [0.29, 0.717) is 0 Å². The highest BCUT2D eigenvalue weighted by atomic mass is 32.2.